The van der Waals surface area contributed by atoms with Crippen molar-refractivity contribution < 1.29 is 26.8 Å². The van der Waals surface area contributed by atoms with Gasteiger partial charge in [0.15, 0.2) is 5.58 Å². The molecule has 1 aliphatic rings. The second-order valence-corrected chi connectivity index (χ2v) is 11.2. The van der Waals surface area contributed by atoms with Gasteiger partial charge in [-0.1, -0.05) is 23.7 Å². The van der Waals surface area contributed by atoms with E-state index in [1.807, 2.05) is 24.3 Å². The zero-order valence-corrected chi connectivity index (χ0v) is 21.8. The van der Waals surface area contributed by atoms with Crippen LogP contribution >= 0.6 is 11.6 Å². The van der Waals surface area contributed by atoms with Crippen molar-refractivity contribution in [3.05, 3.63) is 102 Å². The van der Waals surface area contributed by atoms with Crippen molar-refractivity contribution in [3.8, 4) is 11.5 Å². The molecule has 6 rings (SSSR count). The number of oxazole rings is 1. The van der Waals surface area contributed by atoms with Gasteiger partial charge < -0.3 is 8.83 Å². The number of fused-ring (bicyclic) bond motifs is 1. The molecular weight excluding hydrogens is 542 g/mol. The van der Waals surface area contributed by atoms with Crippen molar-refractivity contribution in [2.24, 2.45) is 0 Å². The van der Waals surface area contributed by atoms with Gasteiger partial charge in [0.05, 0.1) is 29.8 Å². The fourth-order valence-electron chi connectivity index (χ4n) is 4.52. The molecule has 39 heavy (non-hydrogen) atoms. The minimum Gasteiger partial charge on any atom is -0.468 e. The van der Waals surface area contributed by atoms with Crippen molar-refractivity contribution in [2.45, 2.75) is 23.9 Å². The van der Waals surface area contributed by atoms with Crippen LogP contribution in [0.5, 0.6) is 0 Å². The van der Waals surface area contributed by atoms with Gasteiger partial charge in [-0.2, -0.15) is 4.31 Å². The van der Waals surface area contributed by atoms with Crippen LogP contribution in [0.3, 0.4) is 0 Å². The van der Waals surface area contributed by atoms with Crippen molar-refractivity contribution in [1.82, 2.24) is 9.29 Å². The number of aromatic nitrogens is 1. The Morgan fingerprint density at radius 1 is 0.949 bits per heavy atom. The largest absolute Gasteiger partial charge is 0.468 e. The highest BCUT2D eigenvalue weighted by molar-refractivity contribution is 7.89. The molecule has 1 atom stereocenters. The third-order valence-electron chi connectivity index (χ3n) is 6.45. The number of hydrogen-bond acceptors (Lipinski definition) is 7. The summed E-state index contributed by atoms with van der Waals surface area (Å²) in [5.74, 6) is -0.443. The Bertz CT molecular complexity index is 1750. The molecule has 0 bridgehead atoms. The van der Waals surface area contributed by atoms with Gasteiger partial charge in [-0.15, -0.1) is 0 Å². The average molecular weight is 562 g/mol. The van der Waals surface area contributed by atoms with Crippen LogP contribution in [0.2, 0.25) is 5.02 Å². The highest BCUT2D eigenvalue weighted by Gasteiger charge is 2.47. The molecule has 0 saturated carbocycles. The highest BCUT2D eigenvalue weighted by atomic mass is 35.5. The number of halogens is 1. The van der Waals surface area contributed by atoms with E-state index in [1.165, 1.54) is 30.5 Å². The number of hydrogen-bond donors (Lipinski definition) is 0. The van der Waals surface area contributed by atoms with E-state index >= 15 is 0 Å². The lowest BCUT2D eigenvalue weighted by atomic mass is 10.2. The minimum atomic E-state index is -4.20. The molecule has 0 spiro atoms. The molecule has 3 aromatic carbocycles. The number of imide groups is 1. The number of nitrogens with zero attached hydrogens (tertiary/aromatic N) is 3. The monoisotopic (exact) mass is 561 g/mol. The third kappa shape index (κ3) is 4.63. The summed E-state index contributed by atoms with van der Waals surface area (Å²) in [4.78, 5) is 32.1. The van der Waals surface area contributed by atoms with Crippen molar-refractivity contribution in [1.29, 1.82) is 0 Å². The number of rotatable bonds is 7. The summed E-state index contributed by atoms with van der Waals surface area (Å²) in [5.41, 5.74) is 2.33. The summed E-state index contributed by atoms with van der Waals surface area (Å²) >= 11 is 5.94. The fourth-order valence-corrected chi connectivity index (χ4v) is 6.20. The van der Waals surface area contributed by atoms with Gasteiger partial charge in [-0.25, -0.2) is 18.3 Å². The van der Waals surface area contributed by atoms with Crippen LogP contribution < -0.4 is 4.90 Å². The number of para-hydroxylation sites is 2. The second kappa shape index (κ2) is 9.81. The number of amides is 2. The van der Waals surface area contributed by atoms with Crippen molar-refractivity contribution >= 4 is 50.2 Å². The van der Waals surface area contributed by atoms with Gasteiger partial charge in [0.2, 0.25) is 21.8 Å². The zero-order chi connectivity index (χ0) is 27.1. The van der Waals surface area contributed by atoms with Crippen LogP contribution in [0.15, 0.2) is 105 Å². The van der Waals surface area contributed by atoms with Crippen molar-refractivity contribution in [2.75, 3.05) is 4.90 Å². The first kappa shape index (κ1) is 25.1. The SMILES string of the molecule is O=C1CC(N(Cc2ccco2)S(=O)(=O)c2ccc(Cl)cc2)C(=O)N1c1ccc(-c2nc3ccccc3o2)cc1. The van der Waals surface area contributed by atoms with Crippen molar-refractivity contribution in [3.63, 3.8) is 0 Å². The molecule has 1 unspecified atom stereocenters. The van der Waals surface area contributed by atoms with Gasteiger partial charge in [-0.05, 0) is 72.8 Å². The molecular formula is C28H20ClN3O6S. The van der Waals surface area contributed by atoms with Crippen LogP contribution in [-0.4, -0.2) is 35.6 Å². The van der Waals surface area contributed by atoms with E-state index in [1.54, 1.807) is 36.4 Å². The maximum Gasteiger partial charge on any atom is 0.252 e. The molecule has 1 aliphatic heterocycles. The number of sulfonamides is 1. The molecule has 2 amide bonds. The number of carbonyl (C=O) groups is 2. The Morgan fingerprint density at radius 2 is 1.69 bits per heavy atom. The molecule has 0 aliphatic carbocycles. The normalized spacial score (nSPS) is 16.1. The van der Waals surface area contributed by atoms with Gasteiger partial charge in [0.1, 0.15) is 17.3 Å². The predicted octanol–water partition coefficient (Wildman–Crippen LogP) is 5.26. The van der Waals surface area contributed by atoms with Crippen LogP contribution in [0.1, 0.15) is 12.2 Å². The Morgan fingerprint density at radius 3 is 2.38 bits per heavy atom. The van der Waals surface area contributed by atoms with E-state index in [0.717, 1.165) is 9.21 Å². The smallest absolute Gasteiger partial charge is 0.252 e. The first-order valence-corrected chi connectivity index (χ1v) is 13.8. The molecule has 11 heteroatoms. The summed E-state index contributed by atoms with van der Waals surface area (Å²) in [7, 11) is -4.20. The number of furan rings is 1. The van der Waals surface area contributed by atoms with Crippen LogP contribution in [-0.2, 0) is 26.2 Å². The molecule has 9 nitrogen and oxygen atoms in total. The summed E-state index contributed by atoms with van der Waals surface area (Å²) in [6.45, 7) is -0.230. The first-order chi connectivity index (χ1) is 18.8. The van der Waals surface area contributed by atoms with Gasteiger partial charge in [-0.3, -0.25) is 9.59 Å². The molecule has 0 N–H and O–H groups in total. The zero-order valence-electron chi connectivity index (χ0n) is 20.2. The fraction of sp³-hybridized carbons (Fsp3) is 0.107. The molecule has 196 valence electrons. The highest BCUT2D eigenvalue weighted by Crippen LogP contribution is 2.32. The summed E-state index contributed by atoms with van der Waals surface area (Å²) in [6, 6.07) is 21.5. The standard InChI is InChI=1S/C28H20ClN3O6S/c29-19-9-13-22(14-10-19)39(35,36)31(17-21-4-3-15-37-21)24-16-26(33)32(28(24)34)20-11-7-18(8-12-20)27-30-23-5-1-2-6-25(23)38-27/h1-15,24H,16-17H2. The molecule has 5 aromatic rings. The molecule has 3 heterocycles. The minimum absolute atomic E-state index is 0.0557. The molecule has 1 fully saturated rings. The number of anilines is 1. The van der Waals surface area contributed by atoms with E-state index < -0.39 is 27.9 Å². The quantitative estimate of drug-likeness (QED) is 0.249. The predicted molar refractivity (Wildman–Crippen MR) is 143 cm³/mol. The number of benzene rings is 3. The lowest BCUT2D eigenvalue weighted by Gasteiger charge is -2.26. The molecule has 2 aromatic heterocycles. The maximum absolute atomic E-state index is 13.7. The van der Waals surface area contributed by atoms with Crippen LogP contribution in [0.25, 0.3) is 22.6 Å². The Balaban J connectivity index is 1.31. The van der Waals surface area contributed by atoms with Gasteiger partial charge in [0.25, 0.3) is 5.91 Å². The van der Waals surface area contributed by atoms with Gasteiger partial charge in [0, 0.05) is 10.6 Å². The van der Waals surface area contributed by atoms with Gasteiger partial charge >= 0.3 is 0 Å². The average Bonchev–Trinajstić information content (AvgIpc) is 3.67. The lowest BCUT2D eigenvalue weighted by Crippen LogP contribution is -2.45. The number of carbonyl (C=O) groups excluding carboxylic acids is 2. The first-order valence-electron chi connectivity index (χ1n) is 11.9. The topological polar surface area (TPSA) is 114 Å². The summed E-state index contributed by atoms with van der Waals surface area (Å²) in [6.07, 6.45) is 1.09. The van der Waals surface area contributed by atoms with E-state index in [2.05, 4.69) is 4.98 Å². The van der Waals surface area contributed by atoms with Crippen LogP contribution in [0, 0.1) is 0 Å². The molecule has 1 saturated heterocycles. The second-order valence-electron chi connectivity index (χ2n) is 8.90. The van der Waals surface area contributed by atoms with E-state index in [0.29, 0.717) is 39.0 Å². The Hall–Kier alpha value is -4.25. The van der Waals surface area contributed by atoms with E-state index in [4.69, 9.17) is 20.4 Å². The lowest BCUT2D eigenvalue weighted by molar-refractivity contribution is -0.122. The maximum atomic E-state index is 13.7. The Labute approximate surface area is 228 Å². The van der Waals surface area contributed by atoms with Crippen LogP contribution in [0.4, 0.5) is 5.69 Å². The summed E-state index contributed by atoms with van der Waals surface area (Å²) in [5, 5.41) is 0.367. The molecule has 0 radical (unpaired) electrons. The van der Waals surface area contributed by atoms with E-state index in [-0.39, 0.29) is 17.9 Å². The Kier molecular flexibility index (Phi) is 6.30. The third-order valence-corrected chi connectivity index (χ3v) is 8.57. The summed E-state index contributed by atoms with van der Waals surface area (Å²) < 4.78 is 39.5. The van der Waals surface area contributed by atoms with E-state index in [9.17, 15) is 18.0 Å².